The Balaban J connectivity index is 2.45. The highest BCUT2D eigenvalue weighted by atomic mass is 35.5. The van der Waals surface area contributed by atoms with E-state index in [2.05, 4.69) is 5.32 Å². The quantitative estimate of drug-likeness (QED) is 0.449. The number of nitro benzene ring substituents is 1. The maximum absolute atomic E-state index is 10.8. The highest BCUT2D eigenvalue weighted by Gasteiger charge is 2.12. The average Bonchev–Trinajstić information content (AvgIpc) is 2.33. The van der Waals surface area contributed by atoms with Gasteiger partial charge in [0.1, 0.15) is 0 Å². The summed E-state index contributed by atoms with van der Waals surface area (Å²) in [5, 5.41) is 14.5. The van der Waals surface area contributed by atoms with Crippen molar-refractivity contribution in [3.63, 3.8) is 0 Å². The first-order valence-electron chi connectivity index (χ1n) is 5.77. The van der Waals surface area contributed by atoms with E-state index in [0.29, 0.717) is 17.1 Å². The molecule has 1 N–H and O–H groups in total. The molecule has 100 valence electrons. The number of nitrogens with one attached hydrogen (secondary N) is 1. The number of benzene rings is 1. The van der Waals surface area contributed by atoms with E-state index in [9.17, 15) is 10.1 Å². The van der Waals surface area contributed by atoms with Gasteiger partial charge >= 0.3 is 0 Å². The zero-order valence-corrected chi connectivity index (χ0v) is 11.1. The number of hydrogen-bond donors (Lipinski definition) is 1. The summed E-state index contributed by atoms with van der Waals surface area (Å²) in [6, 6.07) is 4.59. The Labute approximate surface area is 111 Å². The largest absolute Gasteiger partial charge is 0.385 e. The Morgan fingerprint density at radius 1 is 1.44 bits per heavy atom. The third kappa shape index (κ3) is 5.00. The molecule has 0 aliphatic rings. The maximum atomic E-state index is 10.8. The van der Waals surface area contributed by atoms with Crippen LogP contribution in [0.1, 0.15) is 18.4 Å². The lowest BCUT2D eigenvalue weighted by Crippen LogP contribution is -2.16. The SMILES string of the molecule is COCCCCNCc1cc(Cl)ccc1[N+](=O)[O-]. The van der Waals surface area contributed by atoms with Gasteiger partial charge in [-0.1, -0.05) is 11.6 Å². The normalized spacial score (nSPS) is 10.6. The second kappa shape index (κ2) is 8.02. The molecular formula is C12H17ClN2O3. The zero-order valence-electron chi connectivity index (χ0n) is 10.3. The van der Waals surface area contributed by atoms with Crippen LogP contribution in [-0.4, -0.2) is 25.2 Å². The maximum Gasteiger partial charge on any atom is 0.273 e. The minimum atomic E-state index is -0.391. The van der Waals surface area contributed by atoms with Crippen molar-refractivity contribution in [2.24, 2.45) is 0 Å². The van der Waals surface area contributed by atoms with Gasteiger partial charge in [0.05, 0.1) is 4.92 Å². The van der Waals surface area contributed by atoms with Gasteiger partial charge in [0.15, 0.2) is 0 Å². The molecule has 18 heavy (non-hydrogen) atoms. The Morgan fingerprint density at radius 3 is 2.89 bits per heavy atom. The number of halogens is 1. The van der Waals surface area contributed by atoms with Gasteiger partial charge in [-0.15, -0.1) is 0 Å². The smallest absolute Gasteiger partial charge is 0.273 e. The Hall–Kier alpha value is -1.17. The monoisotopic (exact) mass is 272 g/mol. The van der Waals surface area contributed by atoms with E-state index in [0.717, 1.165) is 26.0 Å². The van der Waals surface area contributed by atoms with Crippen molar-refractivity contribution >= 4 is 17.3 Å². The summed E-state index contributed by atoms with van der Waals surface area (Å²) in [4.78, 5) is 10.4. The predicted octanol–water partition coefficient (Wildman–Crippen LogP) is 2.76. The second-order valence-corrected chi connectivity index (χ2v) is 4.34. The van der Waals surface area contributed by atoms with Crippen LogP contribution in [0, 0.1) is 10.1 Å². The van der Waals surface area contributed by atoms with Crippen molar-refractivity contribution < 1.29 is 9.66 Å². The fourth-order valence-corrected chi connectivity index (χ4v) is 1.79. The molecule has 0 spiro atoms. The molecule has 0 amide bonds. The van der Waals surface area contributed by atoms with E-state index in [1.807, 2.05) is 0 Å². The highest BCUT2D eigenvalue weighted by molar-refractivity contribution is 6.30. The Kier molecular flexibility index (Phi) is 6.64. The van der Waals surface area contributed by atoms with E-state index in [-0.39, 0.29) is 5.69 Å². The molecule has 1 aromatic carbocycles. The molecular weight excluding hydrogens is 256 g/mol. The molecule has 0 unspecified atom stereocenters. The molecule has 0 bridgehead atoms. The van der Waals surface area contributed by atoms with Crippen molar-refractivity contribution in [1.82, 2.24) is 5.32 Å². The molecule has 0 aliphatic heterocycles. The summed E-state index contributed by atoms with van der Waals surface area (Å²) in [5.74, 6) is 0. The summed E-state index contributed by atoms with van der Waals surface area (Å²) in [5.41, 5.74) is 0.711. The van der Waals surface area contributed by atoms with Crippen LogP contribution in [0.3, 0.4) is 0 Å². The fourth-order valence-electron chi connectivity index (χ4n) is 1.59. The van der Waals surface area contributed by atoms with Crippen LogP contribution in [-0.2, 0) is 11.3 Å². The number of nitro groups is 1. The van der Waals surface area contributed by atoms with Crippen LogP contribution < -0.4 is 5.32 Å². The number of nitrogens with zero attached hydrogens (tertiary/aromatic N) is 1. The molecule has 0 aromatic heterocycles. The van der Waals surface area contributed by atoms with Crippen LogP contribution in [0.2, 0.25) is 5.02 Å². The number of hydrogen-bond acceptors (Lipinski definition) is 4. The molecule has 1 aromatic rings. The van der Waals surface area contributed by atoms with Crippen LogP contribution in [0.4, 0.5) is 5.69 Å². The molecule has 0 fully saturated rings. The summed E-state index contributed by atoms with van der Waals surface area (Å²) < 4.78 is 4.94. The van der Waals surface area contributed by atoms with E-state index < -0.39 is 4.92 Å². The molecule has 1 rings (SSSR count). The van der Waals surface area contributed by atoms with E-state index >= 15 is 0 Å². The van der Waals surface area contributed by atoms with Gasteiger partial charge < -0.3 is 10.1 Å². The van der Waals surface area contributed by atoms with Crippen molar-refractivity contribution in [3.8, 4) is 0 Å². The van der Waals surface area contributed by atoms with E-state index in [4.69, 9.17) is 16.3 Å². The fraction of sp³-hybridized carbons (Fsp3) is 0.500. The summed E-state index contributed by atoms with van der Waals surface area (Å²) in [6.45, 7) is 1.98. The van der Waals surface area contributed by atoms with Crippen LogP contribution in [0.5, 0.6) is 0 Å². The van der Waals surface area contributed by atoms with Gasteiger partial charge in [-0.2, -0.15) is 0 Å². The standard InChI is InChI=1S/C12H17ClN2O3/c1-18-7-3-2-6-14-9-10-8-11(13)4-5-12(10)15(16)17/h4-5,8,14H,2-3,6-7,9H2,1H3. The van der Waals surface area contributed by atoms with Crippen LogP contribution >= 0.6 is 11.6 Å². The van der Waals surface area contributed by atoms with Gasteiger partial charge in [-0.3, -0.25) is 10.1 Å². The minimum Gasteiger partial charge on any atom is -0.385 e. The molecule has 0 aliphatic carbocycles. The van der Waals surface area contributed by atoms with Gasteiger partial charge in [-0.05, 0) is 31.5 Å². The van der Waals surface area contributed by atoms with Crippen LogP contribution in [0.15, 0.2) is 18.2 Å². The van der Waals surface area contributed by atoms with E-state index in [1.165, 1.54) is 12.1 Å². The van der Waals surface area contributed by atoms with Gasteiger partial charge in [0.25, 0.3) is 5.69 Å². The van der Waals surface area contributed by atoms with Gasteiger partial charge in [0.2, 0.25) is 0 Å². The Morgan fingerprint density at radius 2 is 2.22 bits per heavy atom. The third-order valence-corrected chi connectivity index (χ3v) is 2.74. The number of ether oxygens (including phenoxy) is 1. The Bertz CT molecular complexity index is 399. The molecule has 0 saturated carbocycles. The molecule has 0 saturated heterocycles. The van der Waals surface area contributed by atoms with Crippen molar-refractivity contribution in [1.29, 1.82) is 0 Å². The molecule has 0 radical (unpaired) electrons. The number of methoxy groups -OCH3 is 1. The number of unbranched alkanes of at least 4 members (excludes halogenated alkanes) is 1. The summed E-state index contributed by atoms with van der Waals surface area (Å²) in [7, 11) is 1.67. The topological polar surface area (TPSA) is 64.4 Å². The highest BCUT2D eigenvalue weighted by Crippen LogP contribution is 2.22. The molecule has 0 heterocycles. The summed E-state index contributed by atoms with van der Waals surface area (Å²) in [6.07, 6.45) is 1.95. The number of rotatable bonds is 8. The lowest BCUT2D eigenvalue weighted by Gasteiger charge is -2.06. The van der Waals surface area contributed by atoms with Crippen molar-refractivity contribution in [2.45, 2.75) is 19.4 Å². The summed E-state index contributed by atoms with van der Waals surface area (Å²) >= 11 is 5.84. The van der Waals surface area contributed by atoms with Gasteiger partial charge in [-0.25, -0.2) is 0 Å². The molecule has 5 nitrogen and oxygen atoms in total. The lowest BCUT2D eigenvalue weighted by molar-refractivity contribution is -0.385. The lowest BCUT2D eigenvalue weighted by atomic mass is 10.2. The first-order valence-corrected chi connectivity index (χ1v) is 6.15. The van der Waals surface area contributed by atoms with E-state index in [1.54, 1.807) is 13.2 Å². The first-order chi connectivity index (χ1) is 8.65. The first kappa shape index (κ1) is 14.9. The van der Waals surface area contributed by atoms with Crippen LogP contribution in [0.25, 0.3) is 0 Å². The third-order valence-electron chi connectivity index (χ3n) is 2.51. The van der Waals surface area contributed by atoms with Crippen molar-refractivity contribution in [2.75, 3.05) is 20.3 Å². The predicted molar refractivity (Wildman–Crippen MR) is 70.9 cm³/mol. The molecule has 6 heteroatoms. The van der Waals surface area contributed by atoms with Crippen molar-refractivity contribution in [3.05, 3.63) is 38.9 Å². The second-order valence-electron chi connectivity index (χ2n) is 3.91. The van der Waals surface area contributed by atoms with Gasteiger partial charge in [0, 0.05) is 36.9 Å². The molecule has 0 atom stereocenters. The zero-order chi connectivity index (χ0) is 13.4. The minimum absolute atomic E-state index is 0.101. The average molecular weight is 273 g/mol.